The molecule has 0 saturated heterocycles. The van der Waals surface area contributed by atoms with E-state index in [1.165, 1.54) is 0 Å². The zero-order chi connectivity index (χ0) is 15.1. The quantitative estimate of drug-likeness (QED) is 0.759. The molecule has 0 radical (unpaired) electrons. The van der Waals surface area contributed by atoms with Gasteiger partial charge in [-0.3, -0.25) is 4.98 Å². The summed E-state index contributed by atoms with van der Waals surface area (Å²) >= 11 is 0. The minimum Gasteiger partial charge on any atom is -0.465 e. The second kappa shape index (κ2) is 7.23. The van der Waals surface area contributed by atoms with E-state index in [2.05, 4.69) is 20.6 Å². The Kier molecular flexibility index (Phi) is 5.09. The molecule has 0 bridgehead atoms. The third kappa shape index (κ3) is 4.76. The van der Waals surface area contributed by atoms with Crippen LogP contribution in [0.3, 0.4) is 0 Å². The molecule has 2 heterocycles. The molecule has 110 valence electrons. The second-order valence-electron chi connectivity index (χ2n) is 4.85. The average Bonchev–Trinajstić information content (AvgIpc) is 2.52. The average molecular weight is 286 g/mol. The van der Waals surface area contributed by atoms with E-state index in [9.17, 15) is 4.79 Å². The summed E-state index contributed by atoms with van der Waals surface area (Å²) in [5.41, 5.74) is 2.03. The first-order chi connectivity index (χ1) is 10.1. The normalized spacial score (nSPS) is 11.7. The van der Waals surface area contributed by atoms with Gasteiger partial charge in [0.2, 0.25) is 0 Å². The largest absolute Gasteiger partial charge is 0.465 e. The summed E-state index contributed by atoms with van der Waals surface area (Å²) in [7, 11) is 0. The maximum Gasteiger partial charge on any atom is 0.404 e. The number of rotatable bonds is 6. The van der Waals surface area contributed by atoms with E-state index in [1.807, 2.05) is 31.2 Å². The van der Waals surface area contributed by atoms with Gasteiger partial charge in [0.15, 0.2) is 0 Å². The number of carboxylic acid groups (broad SMARTS) is 1. The van der Waals surface area contributed by atoms with Crippen LogP contribution in [0.1, 0.15) is 6.92 Å². The Labute approximate surface area is 123 Å². The minimum absolute atomic E-state index is 0.181. The fraction of sp³-hybridized carbons (Fsp3) is 0.267. The summed E-state index contributed by atoms with van der Waals surface area (Å²) in [6, 6.07) is 7.75. The van der Waals surface area contributed by atoms with Crippen LogP contribution >= 0.6 is 0 Å². The van der Waals surface area contributed by atoms with E-state index in [0.717, 1.165) is 16.9 Å². The first kappa shape index (κ1) is 14.8. The summed E-state index contributed by atoms with van der Waals surface area (Å²) in [6.07, 6.45) is 4.32. The lowest BCUT2D eigenvalue weighted by atomic mass is 10.1. The van der Waals surface area contributed by atoms with Crippen LogP contribution in [-0.2, 0) is 0 Å². The van der Waals surface area contributed by atoms with Crippen LogP contribution in [0.5, 0.6) is 0 Å². The molecule has 0 saturated carbocycles. The van der Waals surface area contributed by atoms with E-state index in [-0.39, 0.29) is 5.92 Å². The van der Waals surface area contributed by atoms with E-state index in [1.54, 1.807) is 18.6 Å². The Morgan fingerprint density at radius 2 is 2.05 bits per heavy atom. The summed E-state index contributed by atoms with van der Waals surface area (Å²) in [5, 5.41) is 14.1. The predicted octanol–water partition coefficient (Wildman–Crippen LogP) is 2.46. The molecule has 21 heavy (non-hydrogen) atoms. The van der Waals surface area contributed by atoms with Gasteiger partial charge in [0.25, 0.3) is 0 Å². The number of anilines is 1. The smallest absolute Gasteiger partial charge is 0.404 e. The number of nitrogens with zero attached hydrogens (tertiary/aromatic N) is 2. The number of carbonyl (C=O) groups is 1. The molecular formula is C15H18N4O2. The molecule has 2 aromatic rings. The van der Waals surface area contributed by atoms with Crippen molar-refractivity contribution in [2.45, 2.75) is 6.92 Å². The Bertz CT molecular complexity index is 572. The molecule has 1 atom stereocenters. The molecule has 2 rings (SSSR count). The van der Waals surface area contributed by atoms with Crippen molar-refractivity contribution in [1.82, 2.24) is 15.3 Å². The van der Waals surface area contributed by atoms with Crippen LogP contribution in [0, 0.1) is 5.92 Å². The topological polar surface area (TPSA) is 87.1 Å². The van der Waals surface area contributed by atoms with Crippen LogP contribution in [-0.4, -0.2) is 34.3 Å². The zero-order valence-electron chi connectivity index (χ0n) is 11.8. The number of aromatic nitrogens is 2. The van der Waals surface area contributed by atoms with Crippen molar-refractivity contribution >= 4 is 11.9 Å². The highest BCUT2D eigenvalue weighted by atomic mass is 16.4. The first-order valence-corrected chi connectivity index (χ1v) is 6.72. The molecule has 0 aliphatic rings. The number of nitrogens with one attached hydrogen (secondary N) is 2. The second-order valence-corrected chi connectivity index (χ2v) is 4.85. The molecule has 2 aromatic heterocycles. The van der Waals surface area contributed by atoms with Gasteiger partial charge in [-0.15, -0.1) is 0 Å². The maximum absolute atomic E-state index is 10.4. The highest BCUT2D eigenvalue weighted by Gasteiger charge is 2.04. The van der Waals surface area contributed by atoms with E-state index < -0.39 is 6.09 Å². The molecule has 0 spiro atoms. The highest BCUT2D eigenvalue weighted by molar-refractivity contribution is 5.64. The molecule has 0 aromatic carbocycles. The molecule has 3 N–H and O–H groups in total. The molecule has 0 fully saturated rings. The lowest BCUT2D eigenvalue weighted by Gasteiger charge is -2.13. The van der Waals surface area contributed by atoms with Gasteiger partial charge in [0.1, 0.15) is 5.82 Å². The molecule has 6 nitrogen and oxygen atoms in total. The lowest BCUT2D eigenvalue weighted by Crippen LogP contribution is -2.29. The standard InChI is InChI=1S/C15H18N4O2/c1-11(8-19-15(20)21)7-17-14-5-4-13(10-18-14)12-3-2-6-16-9-12/h2-6,9-11,19H,7-8H2,1H3,(H,17,18)(H,20,21). The van der Waals surface area contributed by atoms with Crippen LogP contribution in [0.15, 0.2) is 42.9 Å². The van der Waals surface area contributed by atoms with Crippen LogP contribution in [0.4, 0.5) is 10.6 Å². The minimum atomic E-state index is -0.999. The Morgan fingerprint density at radius 1 is 1.24 bits per heavy atom. The van der Waals surface area contributed by atoms with E-state index >= 15 is 0 Å². The summed E-state index contributed by atoms with van der Waals surface area (Å²) in [5.74, 6) is 0.950. The van der Waals surface area contributed by atoms with Crippen LogP contribution in [0.2, 0.25) is 0 Å². The van der Waals surface area contributed by atoms with Gasteiger partial charge >= 0.3 is 6.09 Å². The lowest BCUT2D eigenvalue weighted by molar-refractivity contribution is 0.193. The van der Waals surface area contributed by atoms with Crippen molar-refractivity contribution < 1.29 is 9.90 Å². The maximum atomic E-state index is 10.4. The molecule has 6 heteroatoms. The van der Waals surface area contributed by atoms with Crippen molar-refractivity contribution in [3.8, 4) is 11.1 Å². The number of hydrogen-bond donors (Lipinski definition) is 3. The van der Waals surface area contributed by atoms with Crippen molar-refractivity contribution in [1.29, 1.82) is 0 Å². The van der Waals surface area contributed by atoms with Gasteiger partial charge < -0.3 is 15.7 Å². The van der Waals surface area contributed by atoms with Gasteiger partial charge in [-0.2, -0.15) is 0 Å². The van der Waals surface area contributed by atoms with E-state index in [0.29, 0.717) is 13.1 Å². The highest BCUT2D eigenvalue weighted by Crippen LogP contribution is 2.18. The molecule has 1 amide bonds. The SMILES string of the molecule is CC(CNC(=O)O)CNc1ccc(-c2cccnc2)cn1. The van der Waals surface area contributed by atoms with Gasteiger partial charge in [-0.1, -0.05) is 13.0 Å². The van der Waals surface area contributed by atoms with Gasteiger partial charge in [-0.05, 0) is 24.1 Å². The summed E-state index contributed by atoms with van der Waals surface area (Å²) in [4.78, 5) is 18.8. The Morgan fingerprint density at radius 3 is 2.67 bits per heavy atom. The number of hydrogen-bond acceptors (Lipinski definition) is 4. The number of amides is 1. The fourth-order valence-corrected chi connectivity index (χ4v) is 1.82. The van der Waals surface area contributed by atoms with Crippen LogP contribution < -0.4 is 10.6 Å². The van der Waals surface area contributed by atoms with Gasteiger partial charge in [0.05, 0.1) is 0 Å². The number of pyridine rings is 2. The van der Waals surface area contributed by atoms with Crippen molar-refractivity contribution in [3.05, 3.63) is 42.9 Å². The molecular weight excluding hydrogens is 268 g/mol. The van der Waals surface area contributed by atoms with Crippen molar-refractivity contribution in [3.63, 3.8) is 0 Å². The van der Waals surface area contributed by atoms with Gasteiger partial charge in [0, 0.05) is 42.8 Å². The van der Waals surface area contributed by atoms with Crippen LogP contribution in [0.25, 0.3) is 11.1 Å². The molecule has 0 aliphatic carbocycles. The van der Waals surface area contributed by atoms with Crippen molar-refractivity contribution in [2.24, 2.45) is 5.92 Å². The predicted molar refractivity (Wildman–Crippen MR) is 81.1 cm³/mol. The fourth-order valence-electron chi connectivity index (χ4n) is 1.82. The monoisotopic (exact) mass is 286 g/mol. The Balaban J connectivity index is 1.87. The summed E-state index contributed by atoms with van der Waals surface area (Å²) in [6.45, 7) is 3.03. The summed E-state index contributed by atoms with van der Waals surface area (Å²) < 4.78 is 0. The Hall–Kier alpha value is -2.63. The molecule has 0 aliphatic heterocycles. The first-order valence-electron chi connectivity index (χ1n) is 6.72. The van der Waals surface area contributed by atoms with Gasteiger partial charge in [-0.25, -0.2) is 9.78 Å². The van der Waals surface area contributed by atoms with Crippen molar-refractivity contribution in [2.75, 3.05) is 18.4 Å². The zero-order valence-corrected chi connectivity index (χ0v) is 11.8. The third-order valence-electron chi connectivity index (χ3n) is 2.99. The van der Waals surface area contributed by atoms with E-state index in [4.69, 9.17) is 5.11 Å². The molecule has 1 unspecified atom stereocenters. The third-order valence-corrected chi connectivity index (χ3v) is 2.99.